The third-order valence-electron chi connectivity index (χ3n) is 2.42. The molecule has 0 saturated carbocycles. The second kappa shape index (κ2) is 6.56. The number of hydrogen-bond acceptors (Lipinski definition) is 5. The quantitative estimate of drug-likeness (QED) is 0.492. The molecular formula is C13H9F3N2O3S. The Hall–Kier alpha value is -2.42. The minimum atomic E-state index is -4.72. The van der Waals surface area contributed by atoms with Gasteiger partial charge in [-0.1, -0.05) is 0 Å². The zero-order chi connectivity index (χ0) is 16.2. The molecule has 2 aromatic rings. The van der Waals surface area contributed by atoms with E-state index in [-0.39, 0.29) is 11.4 Å². The number of nitro groups is 1. The number of hydrogen-bond donors (Lipinski definition) is 1. The number of anilines is 1. The maximum Gasteiger partial charge on any atom is 0.573 e. The topological polar surface area (TPSA) is 64.4 Å². The maximum absolute atomic E-state index is 12.0. The Balaban J connectivity index is 1.92. The van der Waals surface area contributed by atoms with Crippen molar-refractivity contribution in [1.29, 1.82) is 0 Å². The van der Waals surface area contributed by atoms with Gasteiger partial charge in [0.1, 0.15) is 5.75 Å². The fourth-order valence-corrected chi connectivity index (χ4v) is 2.12. The van der Waals surface area contributed by atoms with Crippen molar-refractivity contribution in [2.75, 3.05) is 4.72 Å². The Morgan fingerprint density at radius 3 is 2.14 bits per heavy atom. The van der Waals surface area contributed by atoms with Crippen LogP contribution in [0.4, 0.5) is 24.5 Å². The van der Waals surface area contributed by atoms with E-state index in [9.17, 15) is 23.3 Å². The zero-order valence-electron chi connectivity index (χ0n) is 10.8. The van der Waals surface area contributed by atoms with Gasteiger partial charge in [-0.15, -0.1) is 13.2 Å². The van der Waals surface area contributed by atoms with Crippen molar-refractivity contribution >= 4 is 23.3 Å². The van der Waals surface area contributed by atoms with Crippen LogP contribution < -0.4 is 9.46 Å². The number of nitro benzene ring substituents is 1. The molecule has 0 bridgehead atoms. The van der Waals surface area contributed by atoms with Gasteiger partial charge in [0.2, 0.25) is 0 Å². The Bertz CT molecular complexity index is 645. The highest BCUT2D eigenvalue weighted by Crippen LogP contribution is 2.27. The summed E-state index contributed by atoms with van der Waals surface area (Å²) in [6, 6.07) is 11.1. The molecule has 116 valence electrons. The van der Waals surface area contributed by atoms with E-state index < -0.39 is 11.3 Å². The molecule has 0 unspecified atom stereocenters. The molecule has 5 nitrogen and oxygen atoms in total. The summed E-state index contributed by atoms with van der Waals surface area (Å²) in [5.74, 6) is -0.299. The molecule has 22 heavy (non-hydrogen) atoms. The van der Waals surface area contributed by atoms with E-state index in [4.69, 9.17) is 0 Å². The van der Waals surface area contributed by atoms with Crippen molar-refractivity contribution in [3.8, 4) is 5.75 Å². The summed E-state index contributed by atoms with van der Waals surface area (Å²) in [5.41, 5.74) is 0.607. The summed E-state index contributed by atoms with van der Waals surface area (Å²) in [6.45, 7) is 0. The third kappa shape index (κ3) is 4.85. The fourth-order valence-electron chi connectivity index (χ4n) is 1.48. The number of nitrogens with zero attached hydrogens (tertiary/aromatic N) is 1. The van der Waals surface area contributed by atoms with Crippen LogP contribution in [0.25, 0.3) is 0 Å². The molecule has 0 spiro atoms. The van der Waals surface area contributed by atoms with Gasteiger partial charge in [-0.05, 0) is 48.3 Å². The van der Waals surface area contributed by atoms with Gasteiger partial charge in [-0.3, -0.25) is 10.1 Å². The Labute approximate surface area is 127 Å². The summed E-state index contributed by atoms with van der Waals surface area (Å²) in [4.78, 5) is 10.7. The predicted molar refractivity (Wildman–Crippen MR) is 75.7 cm³/mol. The van der Waals surface area contributed by atoms with Gasteiger partial charge in [-0.25, -0.2) is 0 Å². The van der Waals surface area contributed by atoms with Gasteiger partial charge < -0.3 is 9.46 Å². The van der Waals surface area contributed by atoms with Crippen LogP contribution in [0.1, 0.15) is 0 Å². The Morgan fingerprint density at radius 2 is 1.64 bits per heavy atom. The first-order valence-corrected chi connectivity index (χ1v) is 6.68. The number of alkyl halides is 3. The van der Waals surface area contributed by atoms with Gasteiger partial charge in [0.25, 0.3) is 5.69 Å². The van der Waals surface area contributed by atoms with Gasteiger partial charge in [0.05, 0.1) is 4.92 Å². The number of benzene rings is 2. The molecule has 0 aliphatic rings. The predicted octanol–water partition coefficient (Wildman–Crippen LogP) is 4.61. The first kappa shape index (κ1) is 16.0. The second-order valence-electron chi connectivity index (χ2n) is 4.03. The molecule has 2 aromatic carbocycles. The molecule has 0 aliphatic heterocycles. The molecular weight excluding hydrogens is 321 g/mol. The van der Waals surface area contributed by atoms with E-state index in [0.717, 1.165) is 11.9 Å². The zero-order valence-corrected chi connectivity index (χ0v) is 11.6. The van der Waals surface area contributed by atoms with E-state index in [1.54, 1.807) is 0 Å². The summed E-state index contributed by atoms with van der Waals surface area (Å²) >= 11 is 1.16. The molecule has 2 rings (SSSR count). The molecule has 9 heteroatoms. The van der Waals surface area contributed by atoms with Crippen LogP contribution in [0.5, 0.6) is 5.75 Å². The summed E-state index contributed by atoms with van der Waals surface area (Å²) in [7, 11) is 0. The van der Waals surface area contributed by atoms with E-state index >= 15 is 0 Å². The number of rotatable bonds is 5. The minimum absolute atomic E-state index is 0.0239. The summed E-state index contributed by atoms with van der Waals surface area (Å²) < 4.78 is 42.7. The van der Waals surface area contributed by atoms with Crippen LogP contribution in [0.15, 0.2) is 53.4 Å². The number of halogens is 3. The molecule has 0 saturated heterocycles. The average molecular weight is 330 g/mol. The van der Waals surface area contributed by atoms with Crippen LogP contribution in [0.3, 0.4) is 0 Å². The Morgan fingerprint density at radius 1 is 1.05 bits per heavy atom. The van der Waals surface area contributed by atoms with Crippen LogP contribution in [-0.4, -0.2) is 11.3 Å². The van der Waals surface area contributed by atoms with Crippen molar-refractivity contribution in [2.45, 2.75) is 11.3 Å². The average Bonchev–Trinajstić information content (AvgIpc) is 2.45. The molecule has 0 heterocycles. The number of ether oxygens (including phenoxy) is 1. The highest BCUT2D eigenvalue weighted by Gasteiger charge is 2.30. The lowest BCUT2D eigenvalue weighted by Gasteiger charge is -2.09. The number of non-ortho nitro benzene ring substituents is 1. The van der Waals surface area contributed by atoms with Gasteiger partial charge in [0, 0.05) is 22.7 Å². The van der Waals surface area contributed by atoms with Crippen LogP contribution in [0.2, 0.25) is 0 Å². The fraction of sp³-hybridized carbons (Fsp3) is 0.0769. The van der Waals surface area contributed by atoms with Crippen LogP contribution in [-0.2, 0) is 0 Å². The summed E-state index contributed by atoms with van der Waals surface area (Å²) in [5, 5.41) is 10.5. The standard InChI is InChI=1S/C13H9F3N2O3S/c14-13(15,16)21-11-5-7-12(8-6-11)22-17-9-1-3-10(4-2-9)18(19)20/h1-8,17H. The van der Waals surface area contributed by atoms with Crippen LogP contribution in [0, 0.1) is 10.1 Å². The van der Waals surface area contributed by atoms with Gasteiger partial charge >= 0.3 is 6.36 Å². The lowest BCUT2D eigenvalue weighted by atomic mass is 10.3. The molecule has 0 radical (unpaired) electrons. The summed E-state index contributed by atoms with van der Waals surface area (Å²) in [6.07, 6.45) is -4.72. The van der Waals surface area contributed by atoms with Crippen molar-refractivity contribution in [2.24, 2.45) is 0 Å². The first-order valence-electron chi connectivity index (χ1n) is 5.86. The molecule has 0 atom stereocenters. The van der Waals surface area contributed by atoms with Gasteiger partial charge in [0.15, 0.2) is 0 Å². The van der Waals surface area contributed by atoms with E-state index in [2.05, 4.69) is 9.46 Å². The smallest absolute Gasteiger partial charge is 0.406 e. The molecule has 0 aromatic heterocycles. The van der Waals surface area contributed by atoms with Crippen molar-refractivity contribution in [3.05, 3.63) is 58.6 Å². The molecule has 0 amide bonds. The van der Waals surface area contributed by atoms with Crippen molar-refractivity contribution in [1.82, 2.24) is 0 Å². The largest absolute Gasteiger partial charge is 0.573 e. The van der Waals surface area contributed by atoms with E-state index in [0.29, 0.717) is 10.6 Å². The highest BCUT2D eigenvalue weighted by atomic mass is 32.2. The number of nitrogens with one attached hydrogen (secondary N) is 1. The van der Waals surface area contributed by atoms with E-state index in [1.807, 2.05) is 0 Å². The maximum atomic E-state index is 12.0. The lowest BCUT2D eigenvalue weighted by molar-refractivity contribution is -0.384. The molecule has 1 N–H and O–H groups in total. The van der Waals surface area contributed by atoms with Crippen molar-refractivity contribution < 1.29 is 22.8 Å². The third-order valence-corrected chi connectivity index (χ3v) is 3.27. The second-order valence-corrected chi connectivity index (χ2v) is 4.91. The first-order chi connectivity index (χ1) is 10.3. The van der Waals surface area contributed by atoms with Gasteiger partial charge in [-0.2, -0.15) is 0 Å². The normalized spacial score (nSPS) is 11.0. The van der Waals surface area contributed by atoms with Crippen molar-refractivity contribution in [3.63, 3.8) is 0 Å². The van der Waals surface area contributed by atoms with E-state index in [1.165, 1.54) is 48.5 Å². The highest BCUT2D eigenvalue weighted by molar-refractivity contribution is 8.00. The lowest BCUT2D eigenvalue weighted by Crippen LogP contribution is -2.16. The minimum Gasteiger partial charge on any atom is -0.406 e. The molecule has 0 aliphatic carbocycles. The van der Waals surface area contributed by atoms with Crippen LogP contribution >= 0.6 is 11.9 Å². The SMILES string of the molecule is O=[N+]([O-])c1ccc(NSc2ccc(OC(F)(F)F)cc2)cc1. The molecule has 0 fully saturated rings. The Kier molecular flexibility index (Phi) is 4.76. The monoisotopic (exact) mass is 330 g/mol.